The Labute approximate surface area is 166 Å². The molecule has 0 aromatic heterocycles. The summed E-state index contributed by atoms with van der Waals surface area (Å²) in [6.07, 6.45) is 3.90. The van der Waals surface area contributed by atoms with Gasteiger partial charge in [0, 0.05) is 6.42 Å². The minimum absolute atomic E-state index is 0.330. The Hall–Kier alpha value is -3.33. The van der Waals surface area contributed by atoms with Crippen LogP contribution in [0.5, 0.6) is 5.75 Å². The summed E-state index contributed by atoms with van der Waals surface area (Å²) < 4.78 is 11.1. The van der Waals surface area contributed by atoms with Gasteiger partial charge in [-0.2, -0.15) is 0 Å². The van der Waals surface area contributed by atoms with Gasteiger partial charge in [0.15, 0.2) is 6.10 Å². The number of rotatable bonds is 8. The lowest BCUT2D eigenvalue weighted by Gasteiger charge is -2.18. The third-order valence-corrected chi connectivity index (χ3v) is 4.24. The maximum absolute atomic E-state index is 12.3. The molecule has 28 heavy (non-hydrogen) atoms. The second-order valence-corrected chi connectivity index (χ2v) is 6.36. The van der Waals surface area contributed by atoms with Crippen molar-refractivity contribution in [2.45, 2.75) is 19.4 Å². The molecule has 3 aromatic carbocycles. The third-order valence-electron chi connectivity index (χ3n) is 4.24. The van der Waals surface area contributed by atoms with Gasteiger partial charge in [0.2, 0.25) is 0 Å². The van der Waals surface area contributed by atoms with Gasteiger partial charge in [-0.05, 0) is 35.7 Å². The van der Waals surface area contributed by atoms with E-state index in [9.17, 15) is 4.79 Å². The predicted molar refractivity (Wildman–Crippen MR) is 113 cm³/mol. The zero-order valence-electron chi connectivity index (χ0n) is 16.0. The average Bonchev–Trinajstić information content (AvgIpc) is 2.74. The fourth-order valence-corrected chi connectivity index (χ4v) is 2.81. The largest absolute Gasteiger partial charge is 0.478 e. The maximum atomic E-state index is 12.3. The summed E-state index contributed by atoms with van der Waals surface area (Å²) in [5.74, 6) is 0.297. The number of carbonyl (C=O) groups is 1. The Morgan fingerprint density at radius 2 is 1.39 bits per heavy atom. The smallest absolute Gasteiger partial charge is 0.347 e. The van der Waals surface area contributed by atoms with Crippen LogP contribution >= 0.6 is 0 Å². The standard InChI is InChI=1S/C25H24O3/c1-2-27-25(26)24(19-22-11-7-4-8-12-22)28-23-17-15-21(16-18-23)14-13-20-9-5-3-6-10-20/h3-18,24H,2,19H2,1H3/b14-13+/t24-/m0/s1. The second-order valence-electron chi connectivity index (χ2n) is 6.36. The molecule has 0 spiro atoms. The van der Waals surface area contributed by atoms with Gasteiger partial charge >= 0.3 is 5.97 Å². The van der Waals surface area contributed by atoms with Crippen LogP contribution in [0, 0.1) is 0 Å². The lowest BCUT2D eigenvalue weighted by molar-refractivity contribution is -0.151. The summed E-state index contributed by atoms with van der Waals surface area (Å²) in [5.41, 5.74) is 3.24. The van der Waals surface area contributed by atoms with Gasteiger partial charge in [-0.25, -0.2) is 4.79 Å². The van der Waals surface area contributed by atoms with Crippen LogP contribution in [0.15, 0.2) is 84.9 Å². The molecule has 142 valence electrons. The molecule has 0 amide bonds. The SMILES string of the molecule is CCOC(=O)[C@H](Cc1ccccc1)Oc1ccc(/C=C/c2ccccc2)cc1. The number of carbonyl (C=O) groups excluding carboxylic acids is 1. The van der Waals surface area contributed by atoms with Gasteiger partial charge in [0.25, 0.3) is 0 Å². The molecule has 0 heterocycles. The van der Waals surface area contributed by atoms with Gasteiger partial charge in [-0.3, -0.25) is 0 Å². The van der Waals surface area contributed by atoms with Crippen LogP contribution in [-0.4, -0.2) is 18.7 Å². The third kappa shape index (κ3) is 5.85. The molecule has 3 rings (SSSR count). The van der Waals surface area contributed by atoms with E-state index in [2.05, 4.69) is 18.2 Å². The van der Waals surface area contributed by atoms with Gasteiger partial charge in [-0.15, -0.1) is 0 Å². The van der Waals surface area contributed by atoms with Crippen molar-refractivity contribution in [1.82, 2.24) is 0 Å². The van der Waals surface area contributed by atoms with Crippen molar-refractivity contribution in [3.05, 3.63) is 102 Å². The Balaban J connectivity index is 1.68. The normalized spacial score (nSPS) is 11.9. The summed E-state index contributed by atoms with van der Waals surface area (Å²) in [4.78, 5) is 12.3. The summed E-state index contributed by atoms with van der Waals surface area (Å²) in [6, 6.07) is 27.6. The molecule has 0 unspecified atom stereocenters. The van der Waals surface area contributed by atoms with Crippen LogP contribution in [0.2, 0.25) is 0 Å². The Morgan fingerprint density at radius 3 is 2.00 bits per heavy atom. The highest BCUT2D eigenvalue weighted by molar-refractivity contribution is 5.75. The van der Waals surface area contributed by atoms with Crippen LogP contribution in [0.4, 0.5) is 0 Å². The molecule has 0 N–H and O–H groups in total. The summed E-state index contributed by atoms with van der Waals surface area (Å²) >= 11 is 0. The molecule has 3 heteroatoms. The van der Waals surface area contributed by atoms with Gasteiger partial charge in [0.05, 0.1) is 6.61 Å². The molecular weight excluding hydrogens is 348 g/mol. The van der Waals surface area contributed by atoms with Crippen molar-refractivity contribution < 1.29 is 14.3 Å². The highest BCUT2D eigenvalue weighted by Gasteiger charge is 2.22. The molecule has 0 aliphatic carbocycles. The lowest BCUT2D eigenvalue weighted by Crippen LogP contribution is -2.31. The Bertz CT molecular complexity index is 884. The van der Waals surface area contributed by atoms with Crippen LogP contribution in [0.3, 0.4) is 0 Å². The van der Waals surface area contributed by atoms with Gasteiger partial charge in [0.1, 0.15) is 5.75 Å². The monoisotopic (exact) mass is 372 g/mol. The number of ether oxygens (including phenoxy) is 2. The van der Waals surface area contributed by atoms with Crippen LogP contribution in [0.25, 0.3) is 12.2 Å². The number of hydrogen-bond donors (Lipinski definition) is 0. The van der Waals surface area contributed by atoms with E-state index in [1.165, 1.54) is 0 Å². The van der Waals surface area contributed by atoms with Crippen molar-refractivity contribution in [2.24, 2.45) is 0 Å². The Kier molecular flexibility index (Phi) is 7.02. The van der Waals surface area contributed by atoms with E-state index in [0.717, 1.165) is 16.7 Å². The van der Waals surface area contributed by atoms with E-state index in [0.29, 0.717) is 18.8 Å². The van der Waals surface area contributed by atoms with E-state index in [1.54, 1.807) is 6.92 Å². The molecule has 0 aliphatic heterocycles. The second kappa shape index (κ2) is 10.1. The van der Waals surface area contributed by atoms with Gasteiger partial charge < -0.3 is 9.47 Å². The first-order chi connectivity index (χ1) is 13.7. The lowest BCUT2D eigenvalue weighted by atomic mass is 10.1. The molecule has 3 aromatic rings. The van der Waals surface area contributed by atoms with Crippen LogP contribution < -0.4 is 4.74 Å². The molecular formula is C25H24O3. The van der Waals surface area contributed by atoms with Crippen molar-refractivity contribution in [2.75, 3.05) is 6.61 Å². The van der Waals surface area contributed by atoms with E-state index in [-0.39, 0.29) is 5.97 Å². The molecule has 1 atom stereocenters. The Morgan fingerprint density at radius 1 is 0.821 bits per heavy atom. The summed E-state index contributed by atoms with van der Waals surface area (Å²) in [6.45, 7) is 2.13. The summed E-state index contributed by atoms with van der Waals surface area (Å²) in [7, 11) is 0. The molecule has 0 saturated carbocycles. The topological polar surface area (TPSA) is 35.5 Å². The fourth-order valence-electron chi connectivity index (χ4n) is 2.81. The minimum atomic E-state index is -0.673. The number of esters is 1. The van der Waals surface area contributed by atoms with E-state index >= 15 is 0 Å². The number of hydrogen-bond acceptors (Lipinski definition) is 3. The molecule has 3 nitrogen and oxygen atoms in total. The van der Waals surface area contributed by atoms with E-state index in [4.69, 9.17) is 9.47 Å². The quantitative estimate of drug-likeness (QED) is 0.392. The molecule has 0 aliphatic rings. The minimum Gasteiger partial charge on any atom is -0.478 e. The van der Waals surface area contributed by atoms with Crippen molar-refractivity contribution in [1.29, 1.82) is 0 Å². The molecule has 0 fully saturated rings. The maximum Gasteiger partial charge on any atom is 0.347 e. The molecule has 0 saturated heterocycles. The highest BCUT2D eigenvalue weighted by Crippen LogP contribution is 2.18. The van der Waals surface area contributed by atoms with Crippen LogP contribution in [-0.2, 0) is 16.0 Å². The van der Waals surface area contributed by atoms with E-state index in [1.807, 2.05) is 78.9 Å². The van der Waals surface area contributed by atoms with Crippen molar-refractivity contribution in [3.8, 4) is 5.75 Å². The van der Waals surface area contributed by atoms with Crippen molar-refractivity contribution >= 4 is 18.1 Å². The zero-order valence-corrected chi connectivity index (χ0v) is 16.0. The van der Waals surface area contributed by atoms with E-state index < -0.39 is 6.10 Å². The van der Waals surface area contributed by atoms with Crippen molar-refractivity contribution in [3.63, 3.8) is 0 Å². The molecule has 0 bridgehead atoms. The first-order valence-corrected chi connectivity index (χ1v) is 9.45. The summed E-state index contributed by atoms with van der Waals surface area (Å²) in [5, 5.41) is 0. The average molecular weight is 372 g/mol. The first kappa shape index (κ1) is 19.4. The molecule has 0 radical (unpaired) electrons. The number of benzene rings is 3. The fraction of sp³-hybridized carbons (Fsp3) is 0.160. The predicted octanol–water partition coefficient (Wildman–Crippen LogP) is 5.41. The highest BCUT2D eigenvalue weighted by atomic mass is 16.6. The first-order valence-electron chi connectivity index (χ1n) is 9.45. The van der Waals surface area contributed by atoms with Gasteiger partial charge in [-0.1, -0.05) is 84.9 Å². The zero-order chi connectivity index (χ0) is 19.6. The van der Waals surface area contributed by atoms with Crippen LogP contribution in [0.1, 0.15) is 23.6 Å².